The van der Waals surface area contributed by atoms with Crippen molar-refractivity contribution in [3.8, 4) is 11.8 Å². The van der Waals surface area contributed by atoms with Gasteiger partial charge in [0.25, 0.3) is 0 Å². The van der Waals surface area contributed by atoms with Crippen LogP contribution in [0.3, 0.4) is 0 Å². The fourth-order valence-electron chi connectivity index (χ4n) is 3.71. The van der Waals surface area contributed by atoms with Crippen LogP contribution in [0.4, 0.5) is 5.69 Å². The highest BCUT2D eigenvalue weighted by Gasteiger charge is 2.49. The van der Waals surface area contributed by atoms with Gasteiger partial charge in [-0.3, -0.25) is 4.99 Å². The lowest BCUT2D eigenvalue weighted by Crippen LogP contribution is -2.41. The van der Waals surface area contributed by atoms with E-state index in [4.69, 9.17) is 0 Å². The second-order valence-electron chi connectivity index (χ2n) is 7.21. The van der Waals surface area contributed by atoms with Gasteiger partial charge in [-0.25, -0.2) is 0 Å². The van der Waals surface area contributed by atoms with Crippen molar-refractivity contribution in [2.45, 2.75) is 98.3 Å². The lowest BCUT2D eigenvalue weighted by Gasteiger charge is -2.38. The van der Waals surface area contributed by atoms with Crippen molar-refractivity contribution in [1.82, 2.24) is 0 Å². The van der Waals surface area contributed by atoms with Gasteiger partial charge in [0, 0.05) is 24.7 Å². The van der Waals surface area contributed by atoms with Gasteiger partial charge in [0.2, 0.25) is 0 Å². The van der Waals surface area contributed by atoms with E-state index in [-0.39, 0.29) is 5.41 Å². The predicted octanol–water partition coefficient (Wildman–Crippen LogP) is 7.24. The zero-order chi connectivity index (χ0) is 20.3. The fourth-order valence-corrected chi connectivity index (χ4v) is 3.71. The summed E-state index contributed by atoms with van der Waals surface area (Å²) in [4.78, 5) is 4.47. The SMILES string of the molecule is CC.CCC#Cc1cc2c(cc1C)C1(CCC1)C(=NC)N2.CCCCCC. The predicted molar refractivity (Wildman–Crippen MR) is 122 cm³/mol. The van der Waals surface area contributed by atoms with Crippen molar-refractivity contribution < 1.29 is 0 Å². The van der Waals surface area contributed by atoms with Gasteiger partial charge in [-0.05, 0) is 37.0 Å². The first kappa shape index (κ1) is 23.3. The van der Waals surface area contributed by atoms with E-state index in [2.05, 4.69) is 62.0 Å². The van der Waals surface area contributed by atoms with Crippen molar-refractivity contribution in [2.75, 3.05) is 12.4 Å². The number of anilines is 1. The average Bonchev–Trinajstić information content (AvgIpc) is 3.00. The summed E-state index contributed by atoms with van der Waals surface area (Å²) in [7, 11) is 1.89. The molecule has 2 aliphatic rings. The molecule has 1 aliphatic heterocycles. The quantitative estimate of drug-likeness (QED) is 0.441. The minimum absolute atomic E-state index is 0.186. The highest BCUT2D eigenvalue weighted by molar-refractivity contribution is 6.10. The van der Waals surface area contributed by atoms with Crippen LogP contribution in [-0.2, 0) is 5.41 Å². The number of rotatable bonds is 3. The first-order valence-electron chi connectivity index (χ1n) is 11.0. The number of benzene rings is 1. The minimum Gasteiger partial charge on any atom is -0.343 e. The second-order valence-corrected chi connectivity index (χ2v) is 7.21. The number of nitrogens with zero attached hydrogens (tertiary/aromatic N) is 1. The van der Waals surface area contributed by atoms with E-state index in [1.807, 2.05) is 20.9 Å². The van der Waals surface area contributed by atoms with Crippen LogP contribution >= 0.6 is 0 Å². The Morgan fingerprint density at radius 2 is 1.70 bits per heavy atom. The Kier molecular flexibility index (Phi) is 10.2. The molecule has 1 heterocycles. The molecule has 1 N–H and O–H groups in total. The largest absolute Gasteiger partial charge is 0.343 e. The van der Waals surface area contributed by atoms with Gasteiger partial charge in [-0.15, -0.1) is 0 Å². The van der Waals surface area contributed by atoms with E-state index >= 15 is 0 Å². The van der Waals surface area contributed by atoms with E-state index in [0.717, 1.165) is 17.8 Å². The summed E-state index contributed by atoms with van der Waals surface area (Å²) in [5.74, 6) is 7.57. The van der Waals surface area contributed by atoms with Gasteiger partial charge >= 0.3 is 0 Å². The van der Waals surface area contributed by atoms with Gasteiger partial charge in [-0.1, -0.05) is 84.6 Å². The molecule has 0 aromatic heterocycles. The molecule has 1 saturated carbocycles. The summed E-state index contributed by atoms with van der Waals surface area (Å²) in [6, 6.07) is 4.52. The summed E-state index contributed by atoms with van der Waals surface area (Å²) in [6.07, 6.45) is 10.2. The summed E-state index contributed by atoms with van der Waals surface area (Å²) >= 11 is 0. The third-order valence-corrected chi connectivity index (χ3v) is 5.37. The van der Waals surface area contributed by atoms with Crippen molar-refractivity contribution in [1.29, 1.82) is 0 Å². The first-order chi connectivity index (χ1) is 13.1. The molecule has 2 heteroatoms. The molecule has 27 heavy (non-hydrogen) atoms. The number of hydrogen-bond acceptors (Lipinski definition) is 1. The number of aryl methyl sites for hydroxylation is 1. The maximum atomic E-state index is 4.47. The molecule has 3 rings (SSSR count). The first-order valence-corrected chi connectivity index (χ1v) is 11.0. The molecule has 1 aromatic carbocycles. The Bertz CT molecular complexity index is 666. The van der Waals surface area contributed by atoms with E-state index in [0.29, 0.717) is 0 Å². The van der Waals surface area contributed by atoms with Gasteiger partial charge < -0.3 is 5.32 Å². The van der Waals surface area contributed by atoms with Crippen LogP contribution in [-0.4, -0.2) is 12.9 Å². The van der Waals surface area contributed by atoms with Gasteiger partial charge in [0.15, 0.2) is 0 Å². The second kappa shape index (κ2) is 11.9. The summed E-state index contributed by atoms with van der Waals surface area (Å²) in [6.45, 7) is 12.7. The van der Waals surface area contributed by atoms with Crippen molar-refractivity contribution in [3.63, 3.8) is 0 Å². The monoisotopic (exact) mass is 368 g/mol. The van der Waals surface area contributed by atoms with Crippen LogP contribution < -0.4 is 5.32 Å². The van der Waals surface area contributed by atoms with Crippen LogP contribution in [0.2, 0.25) is 0 Å². The Labute approximate surface area is 168 Å². The normalized spacial score (nSPS) is 16.6. The molecule has 1 aromatic rings. The number of hydrogen-bond donors (Lipinski definition) is 1. The molecule has 1 spiro atoms. The molecule has 0 bridgehead atoms. The maximum Gasteiger partial charge on any atom is 0.111 e. The topological polar surface area (TPSA) is 24.4 Å². The lowest BCUT2D eigenvalue weighted by molar-refractivity contribution is 0.347. The van der Waals surface area contributed by atoms with E-state index in [1.165, 1.54) is 61.8 Å². The Balaban J connectivity index is 0.000000392. The minimum atomic E-state index is 0.186. The molecule has 150 valence electrons. The molecule has 0 saturated heterocycles. The van der Waals surface area contributed by atoms with Crippen LogP contribution in [0.15, 0.2) is 17.1 Å². The summed E-state index contributed by atoms with van der Waals surface area (Å²) in [5.41, 5.74) is 5.25. The third-order valence-electron chi connectivity index (χ3n) is 5.37. The molecule has 0 amide bonds. The number of aliphatic imine (C=N–C) groups is 1. The van der Waals surface area contributed by atoms with Gasteiger partial charge in [0.1, 0.15) is 5.84 Å². The molecule has 0 atom stereocenters. The maximum absolute atomic E-state index is 4.47. The molecular formula is C25H40N2. The van der Waals surface area contributed by atoms with Crippen LogP contribution in [0.25, 0.3) is 0 Å². The number of unbranched alkanes of at least 4 members (excludes halogenated alkanes) is 3. The van der Waals surface area contributed by atoms with Crippen LogP contribution in [0.1, 0.15) is 103 Å². The molecule has 0 unspecified atom stereocenters. The Morgan fingerprint density at radius 3 is 2.15 bits per heavy atom. The van der Waals surface area contributed by atoms with Crippen LogP contribution in [0.5, 0.6) is 0 Å². The lowest BCUT2D eigenvalue weighted by atomic mass is 9.64. The third kappa shape index (κ3) is 5.38. The van der Waals surface area contributed by atoms with Crippen molar-refractivity contribution in [3.05, 3.63) is 28.8 Å². The summed E-state index contributed by atoms with van der Waals surface area (Å²) in [5, 5.41) is 3.50. The smallest absolute Gasteiger partial charge is 0.111 e. The highest BCUT2D eigenvalue weighted by atomic mass is 15.1. The molecular weight excluding hydrogens is 328 g/mol. The van der Waals surface area contributed by atoms with Crippen LogP contribution in [0, 0.1) is 18.8 Å². The molecule has 1 aliphatic carbocycles. The Morgan fingerprint density at radius 1 is 1.07 bits per heavy atom. The highest BCUT2D eigenvalue weighted by Crippen LogP contribution is 2.52. The zero-order valence-electron chi connectivity index (χ0n) is 18.8. The van der Waals surface area contributed by atoms with Crippen molar-refractivity contribution in [2.24, 2.45) is 4.99 Å². The molecule has 0 radical (unpaired) electrons. The summed E-state index contributed by atoms with van der Waals surface area (Å²) < 4.78 is 0. The standard InChI is InChI=1S/C17H20N2.C6H14.C2H6/c1-4-5-7-13-11-15-14(10-12(13)2)17(8-6-9-17)16(18-3)19-15;1-3-5-6-4-2;1-2/h10-11H,4,6,8-9H2,1-3H3,(H,18,19);3-6H2,1-2H3;1-2H3. The number of amidine groups is 1. The zero-order valence-corrected chi connectivity index (χ0v) is 18.8. The number of fused-ring (bicyclic) bond motifs is 2. The average molecular weight is 369 g/mol. The van der Waals surface area contributed by atoms with E-state index in [9.17, 15) is 0 Å². The van der Waals surface area contributed by atoms with Gasteiger partial charge in [-0.2, -0.15) is 0 Å². The molecule has 1 fully saturated rings. The Hall–Kier alpha value is -1.75. The van der Waals surface area contributed by atoms with Gasteiger partial charge in [0.05, 0.1) is 5.41 Å². The number of nitrogens with one attached hydrogen (secondary N) is 1. The van der Waals surface area contributed by atoms with Crippen molar-refractivity contribution >= 4 is 11.5 Å². The fraction of sp³-hybridized carbons (Fsp3) is 0.640. The van der Waals surface area contributed by atoms with E-state index in [1.54, 1.807) is 0 Å². The molecule has 2 nitrogen and oxygen atoms in total. The van der Waals surface area contributed by atoms with E-state index < -0.39 is 0 Å².